The number of alkyl halides is 3. The van der Waals surface area contributed by atoms with Crippen LogP contribution in [0.2, 0.25) is 0 Å². The van der Waals surface area contributed by atoms with Crippen LogP contribution in [0.4, 0.5) is 24.1 Å². The Morgan fingerprint density at radius 1 is 1.48 bits per heavy atom. The molecular weight excluding hydrogens is 307 g/mol. The summed E-state index contributed by atoms with van der Waals surface area (Å²) >= 11 is 0.746. The highest BCUT2D eigenvalue weighted by atomic mass is 32.1. The molecule has 0 unspecified atom stereocenters. The third-order valence-corrected chi connectivity index (χ3v) is 3.05. The van der Waals surface area contributed by atoms with Crippen LogP contribution in [0.3, 0.4) is 0 Å². The zero-order valence-corrected chi connectivity index (χ0v) is 10.8. The van der Waals surface area contributed by atoms with Crippen molar-refractivity contribution in [2.24, 2.45) is 0 Å². The van der Waals surface area contributed by atoms with Crippen molar-refractivity contribution in [3.63, 3.8) is 0 Å². The van der Waals surface area contributed by atoms with Gasteiger partial charge >= 0.3 is 6.18 Å². The van der Waals surface area contributed by atoms with Gasteiger partial charge in [0.05, 0.1) is 5.56 Å². The van der Waals surface area contributed by atoms with Gasteiger partial charge < -0.3 is 5.32 Å². The summed E-state index contributed by atoms with van der Waals surface area (Å²) in [7, 11) is 0. The van der Waals surface area contributed by atoms with Crippen molar-refractivity contribution in [1.82, 2.24) is 14.3 Å². The fourth-order valence-electron chi connectivity index (χ4n) is 1.36. The topological polar surface area (TPSA) is 94.5 Å². The Bertz CT molecular complexity index is 824. The Morgan fingerprint density at radius 3 is 2.76 bits per heavy atom. The van der Waals surface area contributed by atoms with E-state index in [1.807, 2.05) is 5.92 Å². The van der Waals surface area contributed by atoms with Crippen molar-refractivity contribution in [3.05, 3.63) is 33.4 Å². The Morgan fingerprint density at radius 2 is 2.19 bits per heavy atom. The van der Waals surface area contributed by atoms with E-state index in [-0.39, 0.29) is 10.6 Å². The molecule has 2 aromatic heterocycles. The molecule has 0 aliphatic rings. The highest BCUT2D eigenvalue weighted by molar-refractivity contribution is 7.10. The number of nitriles is 1. The van der Waals surface area contributed by atoms with Crippen LogP contribution in [-0.4, -0.2) is 14.3 Å². The summed E-state index contributed by atoms with van der Waals surface area (Å²) in [5.41, 5.74) is -2.70. The van der Waals surface area contributed by atoms with E-state index in [0.717, 1.165) is 17.7 Å². The van der Waals surface area contributed by atoms with Crippen LogP contribution in [-0.2, 0) is 6.18 Å². The summed E-state index contributed by atoms with van der Waals surface area (Å²) < 4.78 is 40.6. The van der Waals surface area contributed by atoms with E-state index in [4.69, 9.17) is 11.7 Å². The number of anilines is 2. The predicted molar refractivity (Wildman–Crippen MR) is 67.9 cm³/mol. The van der Waals surface area contributed by atoms with Gasteiger partial charge in [0.25, 0.3) is 5.56 Å². The van der Waals surface area contributed by atoms with E-state index < -0.39 is 28.9 Å². The zero-order chi connectivity index (χ0) is 15.6. The molecule has 0 aliphatic carbocycles. The molecule has 21 heavy (non-hydrogen) atoms. The highest BCUT2D eigenvalue weighted by Crippen LogP contribution is 2.31. The van der Waals surface area contributed by atoms with E-state index in [1.165, 1.54) is 0 Å². The van der Waals surface area contributed by atoms with Crippen LogP contribution in [0.1, 0.15) is 16.8 Å². The van der Waals surface area contributed by atoms with Crippen LogP contribution in [0.5, 0.6) is 0 Å². The average Bonchev–Trinajstić information content (AvgIpc) is 2.78. The molecule has 0 aliphatic heterocycles. The van der Waals surface area contributed by atoms with Crippen molar-refractivity contribution in [2.45, 2.75) is 6.18 Å². The SMILES string of the molecule is C#Cc1cnc(Nc2s[nH]c(=O)c2C#N)nc1C(F)(F)F. The zero-order valence-electron chi connectivity index (χ0n) is 9.95. The molecule has 0 spiro atoms. The third-order valence-electron chi connectivity index (χ3n) is 2.25. The van der Waals surface area contributed by atoms with E-state index >= 15 is 0 Å². The molecule has 2 aromatic rings. The molecule has 0 atom stereocenters. The number of halogens is 3. The first-order chi connectivity index (χ1) is 9.86. The molecule has 6 nitrogen and oxygen atoms in total. The summed E-state index contributed by atoms with van der Waals surface area (Å²) in [4.78, 5) is 18.1. The molecule has 0 saturated carbocycles. The van der Waals surface area contributed by atoms with Crippen LogP contribution in [0.15, 0.2) is 11.0 Å². The predicted octanol–water partition coefficient (Wildman–Crippen LogP) is 1.84. The molecule has 0 amide bonds. The number of nitrogens with zero attached hydrogens (tertiary/aromatic N) is 3. The smallest absolute Gasteiger partial charge is 0.313 e. The number of nitrogens with one attached hydrogen (secondary N) is 2. The number of aromatic nitrogens is 3. The first-order valence-electron chi connectivity index (χ1n) is 5.16. The van der Waals surface area contributed by atoms with Gasteiger partial charge in [-0.25, -0.2) is 9.97 Å². The van der Waals surface area contributed by atoms with Crippen LogP contribution >= 0.6 is 11.5 Å². The minimum Gasteiger partial charge on any atom is -0.313 e. The van der Waals surface area contributed by atoms with E-state index in [2.05, 4.69) is 19.7 Å². The van der Waals surface area contributed by atoms with E-state index in [1.54, 1.807) is 6.07 Å². The molecule has 106 valence electrons. The molecule has 2 rings (SSSR count). The summed E-state index contributed by atoms with van der Waals surface area (Å²) in [6.45, 7) is 0. The molecule has 2 N–H and O–H groups in total. The standard InChI is InChI=1S/C11H4F3N5OS/c1-2-5-4-16-10(17-7(5)11(12,13)14)18-9-6(3-15)8(20)19-21-9/h1,4H,(H,19,20)(H,16,17,18). The Hall–Kier alpha value is -2.85. The maximum atomic E-state index is 12.8. The summed E-state index contributed by atoms with van der Waals surface area (Å²) in [5, 5.41) is 11.2. The van der Waals surface area contributed by atoms with Gasteiger partial charge in [0.15, 0.2) is 11.3 Å². The Labute approximate surface area is 119 Å². The van der Waals surface area contributed by atoms with Gasteiger partial charge in [-0.1, -0.05) is 5.92 Å². The van der Waals surface area contributed by atoms with Gasteiger partial charge in [0.1, 0.15) is 11.1 Å². The number of H-pyrrole nitrogens is 1. The molecule has 0 saturated heterocycles. The highest BCUT2D eigenvalue weighted by Gasteiger charge is 2.36. The molecule has 0 bridgehead atoms. The monoisotopic (exact) mass is 311 g/mol. The molecule has 0 fully saturated rings. The summed E-state index contributed by atoms with van der Waals surface area (Å²) in [6.07, 6.45) is 1.05. The number of hydrogen-bond donors (Lipinski definition) is 2. The first-order valence-corrected chi connectivity index (χ1v) is 5.98. The maximum absolute atomic E-state index is 12.8. The Kier molecular flexibility index (Phi) is 3.65. The van der Waals surface area contributed by atoms with Gasteiger partial charge in [-0.2, -0.15) is 18.4 Å². The number of terminal acetylenes is 1. The lowest BCUT2D eigenvalue weighted by molar-refractivity contribution is -0.141. The summed E-state index contributed by atoms with van der Waals surface area (Å²) in [5.74, 6) is 1.42. The van der Waals surface area contributed by atoms with Gasteiger partial charge in [0, 0.05) is 6.20 Å². The van der Waals surface area contributed by atoms with Gasteiger partial charge in [-0.05, 0) is 11.5 Å². The molecule has 0 aromatic carbocycles. The van der Waals surface area contributed by atoms with Crippen LogP contribution in [0, 0.1) is 23.7 Å². The van der Waals surface area contributed by atoms with Crippen molar-refractivity contribution < 1.29 is 13.2 Å². The van der Waals surface area contributed by atoms with E-state index in [0.29, 0.717) is 0 Å². The minimum absolute atomic E-state index is 0.0177. The second-order valence-corrected chi connectivity index (χ2v) is 4.39. The lowest BCUT2D eigenvalue weighted by Crippen LogP contribution is -2.13. The summed E-state index contributed by atoms with van der Waals surface area (Å²) in [6, 6.07) is 1.63. The fraction of sp³-hybridized carbons (Fsp3) is 0.0909. The van der Waals surface area contributed by atoms with Crippen LogP contribution in [0.25, 0.3) is 0 Å². The van der Waals surface area contributed by atoms with Crippen molar-refractivity contribution in [3.8, 4) is 18.4 Å². The molecule has 2 heterocycles. The van der Waals surface area contributed by atoms with Gasteiger partial charge in [-0.3, -0.25) is 9.17 Å². The fourth-order valence-corrected chi connectivity index (χ4v) is 2.04. The molecule has 0 radical (unpaired) electrons. The lowest BCUT2D eigenvalue weighted by Gasteiger charge is -2.09. The quantitative estimate of drug-likeness (QED) is 0.825. The maximum Gasteiger partial charge on any atom is 0.434 e. The molecular formula is C11H4F3N5OS. The van der Waals surface area contributed by atoms with Gasteiger partial charge in [-0.15, -0.1) is 6.42 Å². The normalized spacial score (nSPS) is 10.7. The largest absolute Gasteiger partial charge is 0.434 e. The van der Waals surface area contributed by atoms with E-state index in [9.17, 15) is 18.0 Å². The lowest BCUT2D eigenvalue weighted by atomic mass is 10.2. The minimum atomic E-state index is -4.75. The van der Waals surface area contributed by atoms with Crippen LogP contribution < -0.4 is 10.9 Å². The van der Waals surface area contributed by atoms with Crippen molar-refractivity contribution in [2.75, 3.05) is 5.32 Å². The second-order valence-electron chi connectivity index (χ2n) is 3.57. The van der Waals surface area contributed by atoms with Gasteiger partial charge in [0.2, 0.25) is 5.95 Å². The number of hydrogen-bond acceptors (Lipinski definition) is 6. The average molecular weight is 311 g/mol. The number of aromatic amines is 1. The second kappa shape index (κ2) is 5.26. The third kappa shape index (κ3) is 2.85. The number of rotatable bonds is 2. The first kappa shape index (κ1) is 14.6. The Balaban J connectivity index is 2.45. The molecule has 10 heteroatoms. The van der Waals surface area contributed by atoms with Crippen molar-refractivity contribution >= 4 is 22.5 Å². The van der Waals surface area contributed by atoms with Crippen molar-refractivity contribution in [1.29, 1.82) is 5.26 Å².